The van der Waals surface area contributed by atoms with Gasteiger partial charge in [0, 0.05) is 6.20 Å². The molecule has 0 atom stereocenters. The van der Waals surface area contributed by atoms with Gasteiger partial charge < -0.3 is 4.42 Å². The lowest BCUT2D eigenvalue weighted by Gasteiger charge is -1.85. The van der Waals surface area contributed by atoms with Gasteiger partial charge in [0.05, 0.1) is 5.02 Å². The average molecular weight is 201 g/mol. The minimum atomic E-state index is 0.492. The van der Waals surface area contributed by atoms with Crippen molar-refractivity contribution in [3.05, 3.63) is 17.3 Å². The quantitative estimate of drug-likeness (QED) is 0.664. The summed E-state index contributed by atoms with van der Waals surface area (Å²) in [5, 5.41) is 1.16. The monoisotopic (exact) mass is 200 g/mol. The Morgan fingerprint density at radius 3 is 3.08 bits per heavy atom. The van der Waals surface area contributed by atoms with Crippen LogP contribution in [0.25, 0.3) is 11.2 Å². The summed E-state index contributed by atoms with van der Waals surface area (Å²) in [6.07, 6.45) is 3.48. The Morgan fingerprint density at radius 2 is 2.42 bits per heavy atom. The Balaban J connectivity index is 2.74. The molecule has 5 heteroatoms. The van der Waals surface area contributed by atoms with Crippen LogP contribution in [0.5, 0.6) is 0 Å². The number of rotatable bonds is 1. The van der Waals surface area contributed by atoms with E-state index in [-0.39, 0.29) is 0 Å². The number of oxazole rings is 1. The highest BCUT2D eigenvalue weighted by molar-refractivity contribution is 7.98. The highest BCUT2D eigenvalue weighted by atomic mass is 35.5. The molecule has 2 heterocycles. The minimum Gasteiger partial charge on any atom is -0.412 e. The van der Waals surface area contributed by atoms with Crippen LogP contribution in [-0.4, -0.2) is 16.2 Å². The van der Waals surface area contributed by atoms with Gasteiger partial charge in [0.25, 0.3) is 5.22 Å². The number of hydrogen-bond acceptors (Lipinski definition) is 4. The van der Waals surface area contributed by atoms with E-state index in [1.165, 1.54) is 11.8 Å². The number of halogens is 1. The molecular formula is C7H5ClN2OS. The van der Waals surface area contributed by atoms with Gasteiger partial charge >= 0.3 is 0 Å². The van der Waals surface area contributed by atoms with Crippen LogP contribution in [0.1, 0.15) is 0 Å². The Kier molecular flexibility index (Phi) is 1.94. The maximum absolute atomic E-state index is 5.86. The Morgan fingerprint density at radius 1 is 1.58 bits per heavy atom. The molecule has 0 aromatic carbocycles. The van der Waals surface area contributed by atoms with E-state index in [1.807, 2.05) is 6.26 Å². The van der Waals surface area contributed by atoms with Crippen molar-refractivity contribution in [3.63, 3.8) is 0 Å². The average Bonchev–Trinajstić information content (AvgIpc) is 2.49. The fraction of sp³-hybridized carbons (Fsp3) is 0.143. The molecule has 0 saturated carbocycles. The maximum Gasteiger partial charge on any atom is 0.258 e. The summed E-state index contributed by atoms with van der Waals surface area (Å²) >= 11 is 7.28. The summed E-state index contributed by atoms with van der Waals surface area (Å²) in [5.74, 6) is 0. The summed E-state index contributed by atoms with van der Waals surface area (Å²) in [7, 11) is 0. The van der Waals surface area contributed by atoms with Crippen LogP contribution in [0.2, 0.25) is 5.02 Å². The zero-order valence-electron chi connectivity index (χ0n) is 6.24. The van der Waals surface area contributed by atoms with Crippen LogP contribution >= 0.6 is 23.4 Å². The molecule has 0 aliphatic carbocycles. The van der Waals surface area contributed by atoms with Crippen molar-refractivity contribution in [2.45, 2.75) is 5.22 Å². The molecule has 2 rings (SSSR count). The Labute approximate surface area is 78.1 Å². The van der Waals surface area contributed by atoms with Crippen molar-refractivity contribution in [1.82, 2.24) is 9.97 Å². The highest BCUT2D eigenvalue weighted by Crippen LogP contribution is 2.24. The molecule has 2 aromatic rings. The summed E-state index contributed by atoms with van der Waals surface area (Å²) < 4.78 is 5.25. The number of fused-ring (bicyclic) bond motifs is 1. The number of nitrogens with zero attached hydrogens (tertiary/aromatic N) is 2. The van der Waals surface area contributed by atoms with Crippen molar-refractivity contribution >= 4 is 34.6 Å². The molecule has 0 aliphatic rings. The van der Waals surface area contributed by atoms with Crippen LogP contribution in [0.3, 0.4) is 0 Å². The molecule has 0 bridgehead atoms. The maximum atomic E-state index is 5.86. The lowest BCUT2D eigenvalue weighted by molar-refractivity contribution is 0.482. The molecule has 0 N–H and O–H groups in total. The van der Waals surface area contributed by atoms with E-state index in [9.17, 15) is 0 Å². The second kappa shape index (κ2) is 2.95. The van der Waals surface area contributed by atoms with E-state index < -0.39 is 0 Å². The third-order valence-corrected chi connectivity index (χ3v) is 2.23. The van der Waals surface area contributed by atoms with Gasteiger partial charge in [-0.25, -0.2) is 9.97 Å². The second-order valence-electron chi connectivity index (χ2n) is 2.13. The van der Waals surface area contributed by atoms with Crippen molar-refractivity contribution in [3.8, 4) is 0 Å². The molecule has 2 aromatic heterocycles. The summed E-state index contributed by atoms with van der Waals surface area (Å²) in [6.45, 7) is 0. The number of aromatic nitrogens is 2. The first-order chi connectivity index (χ1) is 5.81. The third-order valence-electron chi connectivity index (χ3n) is 1.40. The molecule has 12 heavy (non-hydrogen) atoms. The van der Waals surface area contributed by atoms with Crippen LogP contribution in [0.4, 0.5) is 0 Å². The second-order valence-corrected chi connectivity index (χ2v) is 3.30. The van der Waals surface area contributed by atoms with Gasteiger partial charge in [-0.05, 0) is 12.3 Å². The molecule has 3 nitrogen and oxygen atoms in total. The number of hydrogen-bond donors (Lipinski definition) is 0. The number of thioether (sulfide) groups is 1. The van der Waals surface area contributed by atoms with Crippen molar-refractivity contribution in [1.29, 1.82) is 0 Å². The lowest BCUT2D eigenvalue weighted by atomic mass is 10.4. The van der Waals surface area contributed by atoms with Gasteiger partial charge in [0.15, 0.2) is 0 Å². The van der Waals surface area contributed by atoms with Crippen LogP contribution in [0.15, 0.2) is 21.9 Å². The van der Waals surface area contributed by atoms with Crippen molar-refractivity contribution in [2.75, 3.05) is 6.26 Å². The summed E-state index contributed by atoms with van der Waals surface area (Å²) in [4.78, 5) is 8.12. The SMILES string of the molecule is CSc1nc2c(Cl)ccnc2o1. The largest absolute Gasteiger partial charge is 0.412 e. The molecule has 0 aliphatic heterocycles. The van der Waals surface area contributed by atoms with Crippen LogP contribution in [-0.2, 0) is 0 Å². The lowest BCUT2D eigenvalue weighted by Crippen LogP contribution is -1.73. The summed E-state index contributed by atoms with van der Waals surface area (Å²) in [6, 6.07) is 1.69. The van der Waals surface area contributed by atoms with Crippen LogP contribution in [0, 0.1) is 0 Å². The van der Waals surface area contributed by atoms with Gasteiger partial charge in [0.1, 0.15) is 5.52 Å². The molecular weight excluding hydrogens is 196 g/mol. The van der Waals surface area contributed by atoms with Gasteiger partial charge in [-0.1, -0.05) is 23.4 Å². The van der Waals surface area contributed by atoms with Crippen LogP contribution < -0.4 is 0 Å². The molecule has 0 spiro atoms. The van der Waals surface area contributed by atoms with E-state index in [2.05, 4.69) is 9.97 Å². The standard InChI is InChI=1S/C7H5ClN2OS/c1-12-7-10-5-4(8)2-3-9-6(5)11-7/h2-3H,1H3. The Hall–Kier alpha value is -0.740. The third kappa shape index (κ3) is 1.17. The first-order valence-electron chi connectivity index (χ1n) is 3.26. The molecule has 0 amide bonds. The van der Waals surface area contributed by atoms with Crippen molar-refractivity contribution < 1.29 is 4.42 Å². The molecule has 0 saturated heterocycles. The van der Waals surface area contributed by atoms with Gasteiger partial charge in [-0.3, -0.25) is 0 Å². The molecule has 62 valence electrons. The highest BCUT2D eigenvalue weighted by Gasteiger charge is 2.07. The molecule has 0 unspecified atom stereocenters. The smallest absolute Gasteiger partial charge is 0.258 e. The Bertz CT molecular complexity index is 415. The summed E-state index contributed by atoms with van der Waals surface area (Å²) in [5.41, 5.74) is 1.12. The van der Waals surface area contributed by atoms with E-state index in [4.69, 9.17) is 16.0 Å². The van der Waals surface area contributed by atoms with E-state index >= 15 is 0 Å². The normalized spacial score (nSPS) is 10.8. The zero-order valence-corrected chi connectivity index (χ0v) is 7.82. The number of pyridine rings is 1. The fourth-order valence-electron chi connectivity index (χ4n) is 0.873. The first-order valence-corrected chi connectivity index (χ1v) is 4.86. The predicted octanol–water partition coefficient (Wildman–Crippen LogP) is 2.60. The molecule has 0 fully saturated rings. The minimum absolute atomic E-state index is 0.492. The predicted molar refractivity (Wildman–Crippen MR) is 48.6 cm³/mol. The van der Waals surface area contributed by atoms with Gasteiger partial charge in [0.2, 0.25) is 5.71 Å². The first kappa shape index (κ1) is 7.89. The van der Waals surface area contributed by atoms with E-state index in [1.54, 1.807) is 12.3 Å². The van der Waals surface area contributed by atoms with E-state index in [0.29, 0.717) is 21.5 Å². The van der Waals surface area contributed by atoms with Gasteiger partial charge in [-0.2, -0.15) is 0 Å². The van der Waals surface area contributed by atoms with E-state index in [0.717, 1.165) is 0 Å². The fourth-order valence-corrected chi connectivity index (χ4v) is 1.40. The topological polar surface area (TPSA) is 38.9 Å². The molecule has 0 radical (unpaired) electrons. The van der Waals surface area contributed by atoms with Gasteiger partial charge in [-0.15, -0.1) is 0 Å². The van der Waals surface area contributed by atoms with Crippen molar-refractivity contribution in [2.24, 2.45) is 0 Å². The zero-order chi connectivity index (χ0) is 8.55.